The second-order valence-electron chi connectivity index (χ2n) is 4.11. The summed E-state index contributed by atoms with van der Waals surface area (Å²) in [5, 5.41) is 10.7. The zero-order chi connectivity index (χ0) is 9.47. The number of benzene rings is 1. The molecule has 0 saturated heterocycles. The highest BCUT2D eigenvalue weighted by molar-refractivity contribution is 6.30. The third-order valence-electron chi connectivity index (χ3n) is 2.88. The summed E-state index contributed by atoms with van der Waals surface area (Å²) in [6.07, 6.45) is 1.91. The molecule has 1 atom stereocenters. The molecule has 1 fully saturated rings. The van der Waals surface area contributed by atoms with Crippen LogP contribution in [0.5, 0.6) is 0 Å². The molecule has 1 aliphatic carbocycles. The number of aliphatic hydroxyl groups is 1. The predicted molar refractivity (Wildman–Crippen MR) is 53.8 cm³/mol. The first-order valence-electron chi connectivity index (χ1n) is 4.55. The van der Waals surface area contributed by atoms with Crippen molar-refractivity contribution >= 4 is 11.6 Å². The van der Waals surface area contributed by atoms with Crippen LogP contribution < -0.4 is 0 Å². The number of halogens is 1. The van der Waals surface area contributed by atoms with Crippen LogP contribution in [0.25, 0.3) is 0 Å². The van der Waals surface area contributed by atoms with Crippen LogP contribution >= 0.6 is 11.6 Å². The van der Waals surface area contributed by atoms with Crippen molar-refractivity contribution in [3.63, 3.8) is 0 Å². The van der Waals surface area contributed by atoms with Crippen molar-refractivity contribution in [3.05, 3.63) is 34.9 Å². The minimum Gasteiger partial charge on any atom is -0.388 e. The molecule has 0 heterocycles. The molecule has 0 aromatic heterocycles. The largest absolute Gasteiger partial charge is 0.388 e. The zero-order valence-corrected chi connectivity index (χ0v) is 8.38. The maximum absolute atomic E-state index is 9.97. The molecular weight excluding hydrogens is 184 g/mol. The fraction of sp³-hybridized carbons (Fsp3) is 0.455. The summed E-state index contributed by atoms with van der Waals surface area (Å²) in [4.78, 5) is 0. The molecule has 1 saturated carbocycles. The molecule has 0 amide bonds. The number of hydrogen-bond donors (Lipinski definition) is 1. The third kappa shape index (κ3) is 1.72. The van der Waals surface area contributed by atoms with Crippen LogP contribution in [0, 0.1) is 5.41 Å². The first kappa shape index (κ1) is 9.04. The van der Waals surface area contributed by atoms with Crippen LogP contribution in [0.4, 0.5) is 0 Å². The molecule has 0 bridgehead atoms. The van der Waals surface area contributed by atoms with E-state index in [2.05, 4.69) is 6.92 Å². The molecule has 2 heteroatoms. The van der Waals surface area contributed by atoms with Crippen LogP contribution in [0.15, 0.2) is 24.3 Å². The Morgan fingerprint density at radius 1 is 1.31 bits per heavy atom. The molecule has 1 aromatic rings. The Labute approximate surface area is 83.3 Å². The first-order valence-corrected chi connectivity index (χ1v) is 4.93. The molecule has 1 aromatic carbocycles. The second-order valence-corrected chi connectivity index (χ2v) is 4.54. The minimum absolute atomic E-state index is 0.119. The van der Waals surface area contributed by atoms with Crippen LogP contribution in [0.3, 0.4) is 0 Å². The fourth-order valence-corrected chi connectivity index (χ4v) is 1.64. The summed E-state index contributed by atoms with van der Waals surface area (Å²) in [5.74, 6) is 0. The normalized spacial score (nSPS) is 21.2. The Kier molecular flexibility index (Phi) is 2.09. The summed E-state index contributed by atoms with van der Waals surface area (Å²) in [6, 6.07) is 7.45. The van der Waals surface area contributed by atoms with Gasteiger partial charge in [0.25, 0.3) is 0 Å². The Morgan fingerprint density at radius 3 is 2.31 bits per heavy atom. The molecule has 0 spiro atoms. The van der Waals surface area contributed by atoms with Gasteiger partial charge in [0.05, 0.1) is 6.10 Å². The van der Waals surface area contributed by atoms with Crippen molar-refractivity contribution in [3.8, 4) is 0 Å². The molecule has 13 heavy (non-hydrogen) atoms. The van der Waals surface area contributed by atoms with Gasteiger partial charge < -0.3 is 5.11 Å². The topological polar surface area (TPSA) is 20.2 Å². The number of hydrogen-bond acceptors (Lipinski definition) is 1. The smallest absolute Gasteiger partial charge is 0.0843 e. The van der Waals surface area contributed by atoms with E-state index >= 15 is 0 Å². The molecular formula is C11H13ClO. The lowest BCUT2D eigenvalue weighted by atomic mass is 9.95. The summed E-state index contributed by atoms with van der Waals surface area (Å²) < 4.78 is 0. The van der Waals surface area contributed by atoms with Crippen molar-refractivity contribution in [1.29, 1.82) is 0 Å². The van der Waals surface area contributed by atoms with Crippen molar-refractivity contribution in [2.75, 3.05) is 0 Å². The lowest BCUT2D eigenvalue weighted by Gasteiger charge is -2.17. The molecule has 0 radical (unpaired) electrons. The van der Waals surface area contributed by atoms with Gasteiger partial charge in [-0.25, -0.2) is 0 Å². The Balaban J connectivity index is 2.20. The summed E-state index contributed by atoms with van der Waals surface area (Å²) >= 11 is 5.76. The molecule has 1 unspecified atom stereocenters. The maximum atomic E-state index is 9.97. The van der Waals surface area contributed by atoms with E-state index in [0.29, 0.717) is 0 Å². The van der Waals surface area contributed by atoms with Gasteiger partial charge in [-0.1, -0.05) is 30.7 Å². The Bertz CT molecular complexity index is 300. The van der Waals surface area contributed by atoms with Gasteiger partial charge >= 0.3 is 0 Å². The first-order chi connectivity index (χ1) is 6.12. The highest BCUT2D eigenvalue weighted by Gasteiger charge is 2.44. The van der Waals surface area contributed by atoms with Crippen LogP contribution in [-0.4, -0.2) is 5.11 Å². The van der Waals surface area contributed by atoms with E-state index in [0.717, 1.165) is 23.4 Å². The second kappa shape index (κ2) is 3.00. The van der Waals surface area contributed by atoms with Crippen molar-refractivity contribution in [2.45, 2.75) is 25.9 Å². The van der Waals surface area contributed by atoms with E-state index in [1.165, 1.54) is 0 Å². The van der Waals surface area contributed by atoms with Gasteiger partial charge in [0.15, 0.2) is 0 Å². The van der Waals surface area contributed by atoms with Gasteiger partial charge in [-0.2, -0.15) is 0 Å². The quantitative estimate of drug-likeness (QED) is 0.771. The van der Waals surface area contributed by atoms with Gasteiger partial charge in [-0.05, 0) is 36.0 Å². The lowest BCUT2D eigenvalue weighted by Crippen LogP contribution is -2.09. The zero-order valence-electron chi connectivity index (χ0n) is 7.63. The molecule has 2 rings (SSSR count). The predicted octanol–water partition coefficient (Wildman–Crippen LogP) is 3.17. The monoisotopic (exact) mass is 196 g/mol. The highest BCUT2D eigenvalue weighted by Crippen LogP contribution is 2.54. The summed E-state index contributed by atoms with van der Waals surface area (Å²) in [6.45, 7) is 2.12. The van der Waals surface area contributed by atoms with Crippen molar-refractivity contribution < 1.29 is 5.11 Å². The molecule has 1 nitrogen and oxygen atoms in total. The van der Waals surface area contributed by atoms with E-state index in [9.17, 15) is 5.11 Å². The lowest BCUT2D eigenvalue weighted by molar-refractivity contribution is 0.104. The van der Waals surface area contributed by atoms with Crippen molar-refractivity contribution in [2.24, 2.45) is 5.41 Å². The van der Waals surface area contributed by atoms with E-state index in [-0.39, 0.29) is 11.5 Å². The van der Waals surface area contributed by atoms with Crippen LogP contribution in [0.1, 0.15) is 31.4 Å². The minimum atomic E-state index is -0.329. The average Bonchev–Trinajstić information content (AvgIpc) is 2.85. The summed E-state index contributed by atoms with van der Waals surface area (Å²) in [5.41, 5.74) is 1.10. The van der Waals surface area contributed by atoms with E-state index in [1.54, 1.807) is 0 Å². The van der Waals surface area contributed by atoms with E-state index < -0.39 is 0 Å². The van der Waals surface area contributed by atoms with E-state index in [4.69, 9.17) is 11.6 Å². The van der Waals surface area contributed by atoms with Gasteiger partial charge in [-0.3, -0.25) is 0 Å². The van der Waals surface area contributed by atoms with Gasteiger partial charge in [-0.15, -0.1) is 0 Å². The van der Waals surface area contributed by atoms with E-state index in [1.807, 2.05) is 24.3 Å². The fourth-order valence-electron chi connectivity index (χ4n) is 1.52. The Morgan fingerprint density at radius 2 is 1.85 bits per heavy atom. The average molecular weight is 197 g/mol. The van der Waals surface area contributed by atoms with Crippen LogP contribution in [0.2, 0.25) is 5.02 Å². The molecule has 1 aliphatic rings. The Hall–Kier alpha value is -0.530. The SMILES string of the molecule is CC1(C(O)c2ccc(Cl)cc2)CC1. The van der Waals surface area contributed by atoms with Gasteiger partial charge in [0, 0.05) is 5.02 Å². The maximum Gasteiger partial charge on any atom is 0.0843 e. The molecule has 0 aliphatic heterocycles. The van der Waals surface area contributed by atoms with Crippen molar-refractivity contribution in [1.82, 2.24) is 0 Å². The van der Waals surface area contributed by atoms with Gasteiger partial charge in [0.2, 0.25) is 0 Å². The van der Waals surface area contributed by atoms with Gasteiger partial charge in [0.1, 0.15) is 0 Å². The number of rotatable bonds is 2. The number of aliphatic hydroxyl groups excluding tert-OH is 1. The summed E-state index contributed by atoms with van der Waals surface area (Å²) in [7, 11) is 0. The molecule has 1 N–H and O–H groups in total. The third-order valence-corrected chi connectivity index (χ3v) is 3.14. The molecule has 70 valence electrons. The highest BCUT2D eigenvalue weighted by atomic mass is 35.5. The van der Waals surface area contributed by atoms with Crippen LogP contribution in [-0.2, 0) is 0 Å². The standard InChI is InChI=1S/C11H13ClO/c1-11(6-7-11)10(13)8-2-4-9(12)5-3-8/h2-5,10,13H,6-7H2,1H3.